The lowest BCUT2D eigenvalue weighted by atomic mass is 10.1. The second-order valence-corrected chi connectivity index (χ2v) is 5.04. The summed E-state index contributed by atoms with van der Waals surface area (Å²) in [5, 5.41) is 13.8. The zero-order valence-electron chi connectivity index (χ0n) is 11.8. The van der Waals surface area contributed by atoms with E-state index in [4.69, 9.17) is 9.26 Å². The highest BCUT2D eigenvalue weighted by molar-refractivity contribution is 5.93. The van der Waals surface area contributed by atoms with E-state index in [0.29, 0.717) is 6.61 Å². The third kappa shape index (κ3) is 2.36. The fourth-order valence-electron chi connectivity index (χ4n) is 1.98. The van der Waals surface area contributed by atoms with E-state index in [1.165, 1.54) is 31.9 Å². The number of aliphatic hydroxyl groups is 1. The molecule has 7 nitrogen and oxygen atoms in total. The zero-order chi connectivity index (χ0) is 15.1. The number of likely N-dealkylation sites (N-methyl/N-ethyl adjacent to an activating group) is 1. The molecule has 1 aliphatic rings. The summed E-state index contributed by atoms with van der Waals surface area (Å²) in [6.07, 6.45) is -2.03. The van der Waals surface area contributed by atoms with E-state index >= 15 is 0 Å². The fourth-order valence-corrected chi connectivity index (χ4v) is 1.98. The number of anilines is 1. The van der Waals surface area contributed by atoms with Gasteiger partial charge in [0.1, 0.15) is 0 Å². The molecule has 8 heteroatoms. The van der Waals surface area contributed by atoms with Crippen LogP contribution in [-0.4, -0.2) is 47.3 Å². The minimum Gasteiger partial charge on any atom is -0.369 e. The second kappa shape index (κ2) is 5.02. The van der Waals surface area contributed by atoms with Gasteiger partial charge < -0.3 is 14.4 Å². The molecule has 0 bridgehead atoms. The van der Waals surface area contributed by atoms with Crippen LogP contribution in [-0.2, 0) is 10.4 Å². The van der Waals surface area contributed by atoms with Crippen molar-refractivity contribution in [3.63, 3.8) is 0 Å². The highest BCUT2D eigenvalue weighted by Crippen LogP contribution is 2.31. The Morgan fingerprint density at radius 2 is 2.25 bits per heavy atom. The van der Waals surface area contributed by atoms with Gasteiger partial charge in [-0.1, -0.05) is 5.16 Å². The van der Waals surface area contributed by atoms with E-state index in [0.717, 1.165) is 4.90 Å². The van der Waals surface area contributed by atoms with Crippen LogP contribution in [0.5, 0.6) is 0 Å². The van der Waals surface area contributed by atoms with Gasteiger partial charge in [-0.05, 0) is 20.8 Å². The summed E-state index contributed by atoms with van der Waals surface area (Å²) >= 11 is 0. The van der Waals surface area contributed by atoms with Gasteiger partial charge in [0.15, 0.2) is 29.7 Å². The van der Waals surface area contributed by atoms with Crippen LogP contribution in [0.3, 0.4) is 0 Å². The number of nitrogens with zero attached hydrogens (tertiary/aromatic N) is 3. The number of amides is 2. The first kappa shape index (κ1) is 14.7. The Morgan fingerprint density at radius 3 is 2.75 bits per heavy atom. The molecule has 1 aromatic heterocycles. The van der Waals surface area contributed by atoms with Crippen molar-refractivity contribution in [2.75, 3.05) is 18.6 Å². The summed E-state index contributed by atoms with van der Waals surface area (Å²) in [6, 6.07) is 0.802. The average molecular weight is 287 g/mol. The molecular weight excluding hydrogens is 269 g/mol. The number of aliphatic hydroxyl groups excluding tert-OH is 1. The SMILES string of the molecule is CCOC1C(O)N(c2cc(C(C)(C)F)on2)C(=O)N1C. The van der Waals surface area contributed by atoms with Gasteiger partial charge in [-0.25, -0.2) is 14.1 Å². The van der Waals surface area contributed by atoms with Gasteiger partial charge >= 0.3 is 6.03 Å². The van der Waals surface area contributed by atoms with Crippen molar-refractivity contribution < 1.29 is 23.6 Å². The molecule has 2 amide bonds. The number of aromatic nitrogens is 1. The molecule has 0 aliphatic carbocycles. The van der Waals surface area contributed by atoms with Gasteiger partial charge in [0, 0.05) is 19.7 Å². The van der Waals surface area contributed by atoms with Crippen LogP contribution in [0.1, 0.15) is 26.5 Å². The Hall–Kier alpha value is -1.67. The highest BCUT2D eigenvalue weighted by Gasteiger charge is 2.46. The lowest BCUT2D eigenvalue weighted by Crippen LogP contribution is -2.38. The van der Waals surface area contributed by atoms with E-state index in [9.17, 15) is 14.3 Å². The Morgan fingerprint density at radius 1 is 1.60 bits per heavy atom. The summed E-state index contributed by atoms with van der Waals surface area (Å²) in [5.74, 6) is 0.0345. The number of hydrogen-bond donors (Lipinski definition) is 1. The molecule has 1 fully saturated rings. The molecule has 2 atom stereocenters. The predicted octanol–water partition coefficient (Wildman–Crippen LogP) is 1.43. The first-order chi connectivity index (χ1) is 9.27. The minimum atomic E-state index is -1.72. The number of carbonyl (C=O) groups excluding carboxylic acids is 1. The summed E-state index contributed by atoms with van der Waals surface area (Å²) in [5.41, 5.74) is -1.72. The number of alkyl halides is 1. The first-order valence-electron chi connectivity index (χ1n) is 6.29. The van der Waals surface area contributed by atoms with Crippen LogP contribution in [0.25, 0.3) is 0 Å². The number of carbonyl (C=O) groups is 1. The van der Waals surface area contributed by atoms with Gasteiger partial charge in [-0.15, -0.1) is 0 Å². The fraction of sp³-hybridized carbons (Fsp3) is 0.667. The van der Waals surface area contributed by atoms with Gasteiger partial charge in [0.2, 0.25) is 0 Å². The van der Waals surface area contributed by atoms with E-state index in [1.807, 2.05) is 0 Å². The molecule has 0 spiro atoms. The van der Waals surface area contributed by atoms with Gasteiger partial charge in [0.25, 0.3) is 0 Å². The molecule has 2 rings (SSSR count). The lowest BCUT2D eigenvalue weighted by molar-refractivity contribution is -0.0688. The smallest absolute Gasteiger partial charge is 0.330 e. The number of hydrogen-bond acceptors (Lipinski definition) is 5. The van der Waals surface area contributed by atoms with E-state index < -0.39 is 24.2 Å². The number of rotatable bonds is 4. The Balaban J connectivity index is 2.28. The Kier molecular flexibility index (Phi) is 3.70. The molecule has 0 radical (unpaired) electrons. The summed E-state index contributed by atoms with van der Waals surface area (Å²) < 4.78 is 23.9. The van der Waals surface area contributed by atoms with E-state index in [1.54, 1.807) is 6.92 Å². The standard InChI is InChI=1S/C12H18FN3O4/c1-5-19-10-9(17)16(11(18)15(10)4)8-6-7(20-14-8)12(2,3)13/h6,9-10,17H,5H2,1-4H3. The van der Waals surface area contributed by atoms with Crippen molar-refractivity contribution >= 4 is 11.8 Å². The molecule has 1 aromatic rings. The van der Waals surface area contributed by atoms with Crippen molar-refractivity contribution in [1.82, 2.24) is 10.1 Å². The maximum absolute atomic E-state index is 13.8. The predicted molar refractivity (Wildman–Crippen MR) is 67.7 cm³/mol. The number of urea groups is 1. The zero-order valence-corrected chi connectivity index (χ0v) is 11.8. The van der Waals surface area contributed by atoms with Crippen LogP contribution in [0, 0.1) is 0 Å². The van der Waals surface area contributed by atoms with Crippen LogP contribution in [0.15, 0.2) is 10.6 Å². The van der Waals surface area contributed by atoms with Crippen LogP contribution < -0.4 is 4.90 Å². The Bertz CT molecular complexity index is 499. The van der Waals surface area contributed by atoms with Crippen LogP contribution in [0.4, 0.5) is 15.0 Å². The molecule has 1 N–H and O–H groups in total. The monoisotopic (exact) mass is 287 g/mol. The maximum Gasteiger partial charge on any atom is 0.330 e. The van der Waals surface area contributed by atoms with Crippen molar-refractivity contribution in [2.45, 2.75) is 38.9 Å². The minimum absolute atomic E-state index is 0.0185. The highest BCUT2D eigenvalue weighted by atomic mass is 19.1. The molecule has 2 heterocycles. The average Bonchev–Trinajstić information content (AvgIpc) is 2.90. The molecule has 112 valence electrons. The normalized spacial score (nSPS) is 23.8. The third-order valence-electron chi connectivity index (χ3n) is 3.08. The summed E-state index contributed by atoms with van der Waals surface area (Å²) in [6.45, 7) is 4.73. The lowest BCUT2D eigenvalue weighted by Gasteiger charge is -2.20. The Labute approximate surface area is 115 Å². The topological polar surface area (TPSA) is 79.0 Å². The second-order valence-electron chi connectivity index (χ2n) is 5.04. The van der Waals surface area contributed by atoms with Crippen molar-refractivity contribution in [3.8, 4) is 0 Å². The van der Waals surface area contributed by atoms with Gasteiger partial charge in [-0.3, -0.25) is 4.90 Å². The van der Waals surface area contributed by atoms with E-state index in [2.05, 4.69) is 5.16 Å². The van der Waals surface area contributed by atoms with Crippen LogP contribution in [0.2, 0.25) is 0 Å². The third-order valence-corrected chi connectivity index (χ3v) is 3.08. The van der Waals surface area contributed by atoms with Crippen molar-refractivity contribution in [2.24, 2.45) is 0 Å². The summed E-state index contributed by atoms with van der Waals surface area (Å²) in [4.78, 5) is 14.4. The number of halogens is 1. The molecule has 0 saturated carbocycles. The molecule has 0 aromatic carbocycles. The van der Waals surface area contributed by atoms with Crippen molar-refractivity contribution in [1.29, 1.82) is 0 Å². The van der Waals surface area contributed by atoms with Crippen molar-refractivity contribution in [3.05, 3.63) is 11.8 Å². The summed E-state index contributed by atoms with van der Waals surface area (Å²) in [7, 11) is 1.51. The number of ether oxygens (including phenoxy) is 1. The molecule has 1 aliphatic heterocycles. The molecule has 2 unspecified atom stereocenters. The first-order valence-corrected chi connectivity index (χ1v) is 6.29. The molecule has 20 heavy (non-hydrogen) atoms. The maximum atomic E-state index is 13.8. The molecule has 1 saturated heterocycles. The quantitative estimate of drug-likeness (QED) is 0.906. The van der Waals surface area contributed by atoms with E-state index in [-0.39, 0.29) is 11.6 Å². The molecular formula is C12H18FN3O4. The van der Waals surface area contributed by atoms with Gasteiger partial charge in [0.05, 0.1) is 0 Å². The largest absolute Gasteiger partial charge is 0.369 e. The van der Waals surface area contributed by atoms with Crippen LogP contribution >= 0.6 is 0 Å². The van der Waals surface area contributed by atoms with Gasteiger partial charge in [-0.2, -0.15) is 0 Å².